The smallest absolute Gasteiger partial charge is 0.263 e. The number of hydrogen-bond acceptors (Lipinski definition) is 3. The Labute approximate surface area is 170 Å². The lowest BCUT2D eigenvalue weighted by Gasteiger charge is -2.31. The van der Waals surface area contributed by atoms with Gasteiger partial charge in [-0.1, -0.05) is 43.2 Å². The highest BCUT2D eigenvalue weighted by atomic mass is 16.2. The van der Waals surface area contributed by atoms with E-state index in [0.29, 0.717) is 12.5 Å². The number of pyridine rings is 1. The predicted molar refractivity (Wildman–Crippen MR) is 110 cm³/mol. The Balaban J connectivity index is 1.47. The number of benzene rings is 1. The third kappa shape index (κ3) is 4.42. The molecule has 4 rings (SSSR count). The number of nitrogens with one attached hydrogen (secondary N) is 2. The van der Waals surface area contributed by atoms with Crippen LogP contribution in [0.1, 0.15) is 54.4 Å². The summed E-state index contributed by atoms with van der Waals surface area (Å²) in [6.45, 7) is 0.504. The van der Waals surface area contributed by atoms with Crippen LogP contribution in [-0.4, -0.2) is 22.9 Å². The number of aromatic nitrogens is 1. The third-order valence-electron chi connectivity index (χ3n) is 5.99. The number of hydrogen-bond donors (Lipinski definition) is 2. The van der Waals surface area contributed by atoms with Gasteiger partial charge in [0, 0.05) is 12.7 Å². The lowest BCUT2D eigenvalue weighted by atomic mass is 9.88. The van der Waals surface area contributed by atoms with Gasteiger partial charge in [0.15, 0.2) is 0 Å². The molecule has 29 heavy (non-hydrogen) atoms. The van der Waals surface area contributed by atoms with Crippen molar-refractivity contribution in [3.05, 3.63) is 70.1 Å². The van der Waals surface area contributed by atoms with E-state index in [1.165, 1.54) is 10.6 Å². The Morgan fingerprint density at radius 3 is 2.45 bits per heavy atom. The first kappa shape index (κ1) is 19.4. The van der Waals surface area contributed by atoms with Gasteiger partial charge in [0.1, 0.15) is 12.1 Å². The summed E-state index contributed by atoms with van der Waals surface area (Å²) in [4.78, 5) is 37.9. The van der Waals surface area contributed by atoms with Crippen LogP contribution < -0.4 is 16.2 Å². The van der Waals surface area contributed by atoms with Gasteiger partial charge < -0.3 is 15.2 Å². The van der Waals surface area contributed by atoms with Crippen molar-refractivity contribution >= 4 is 11.8 Å². The zero-order valence-electron chi connectivity index (χ0n) is 16.5. The predicted octanol–water partition coefficient (Wildman–Crippen LogP) is 2.57. The molecule has 2 aliphatic carbocycles. The number of amides is 2. The fourth-order valence-corrected chi connectivity index (χ4v) is 4.17. The SMILES string of the molecule is O=C(Cn1cccc(C(=O)NCC2CC2)c1=O)NC1(c2ccccc2)CCCC1. The number of carbonyl (C=O) groups is 2. The molecule has 2 amide bonds. The van der Waals surface area contributed by atoms with Gasteiger partial charge in [0.05, 0.1) is 5.54 Å². The van der Waals surface area contributed by atoms with E-state index in [4.69, 9.17) is 0 Å². The molecule has 0 bridgehead atoms. The summed E-state index contributed by atoms with van der Waals surface area (Å²) >= 11 is 0. The minimum atomic E-state index is -0.434. The van der Waals surface area contributed by atoms with Crippen LogP contribution in [0.5, 0.6) is 0 Å². The summed E-state index contributed by atoms with van der Waals surface area (Å²) in [5.74, 6) is -0.0437. The topological polar surface area (TPSA) is 80.2 Å². The molecule has 2 fully saturated rings. The van der Waals surface area contributed by atoms with Crippen molar-refractivity contribution in [2.24, 2.45) is 5.92 Å². The molecule has 6 nitrogen and oxygen atoms in total. The maximum atomic E-state index is 12.8. The summed E-state index contributed by atoms with van der Waals surface area (Å²) in [5.41, 5.74) is 0.378. The second-order valence-corrected chi connectivity index (χ2v) is 8.21. The van der Waals surface area contributed by atoms with E-state index in [9.17, 15) is 14.4 Å². The molecule has 0 spiro atoms. The van der Waals surface area contributed by atoms with Gasteiger partial charge >= 0.3 is 0 Å². The fraction of sp³-hybridized carbons (Fsp3) is 0.435. The van der Waals surface area contributed by atoms with Gasteiger partial charge in [0.2, 0.25) is 5.91 Å². The summed E-state index contributed by atoms with van der Waals surface area (Å²) in [6, 6.07) is 13.2. The quantitative estimate of drug-likeness (QED) is 0.759. The Kier molecular flexibility index (Phi) is 5.51. The first-order chi connectivity index (χ1) is 14.1. The molecule has 0 aliphatic heterocycles. The van der Waals surface area contributed by atoms with Crippen molar-refractivity contribution in [2.75, 3.05) is 6.54 Å². The van der Waals surface area contributed by atoms with Crippen molar-refractivity contribution in [1.82, 2.24) is 15.2 Å². The van der Waals surface area contributed by atoms with Crippen LogP contribution in [0, 0.1) is 5.92 Å². The van der Waals surface area contributed by atoms with E-state index < -0.39 is 5.56 Å². The van der Waals surface area contributed by atoms with Crippen molar-refractivity contribution in [3.63, 3.8) is 0 Å². The highest BCUT2D eigenvalue weighted by Crippen LogP contribution is 2.38. The Bertz CT molecular complexity index is 941. The molecule has 2 aliphatic rings. The monoisotopic (exact) mass is 393 g/mol. The summed E-state index contributed by atoms with van der Waals surface area (Å²) in [5, 5.41) is 6.00. The molecule has 2 aromatic rings. The standard InChI is InChI=1S/C23H27N3O3/c27-20(25-23(12-4-5-13-23)18-7-2-1-3-8-18)16-26-14-6-9-19(22(26)29)21(28)24-15-17-10-11-17/h1-3,6-9,14,17H,4-5,10-13,15-16H2,(H,24,28)(H,25,27). The van der Waals surface area contributed by atoms with Gasteiger partial charge in [-0.2, -0.15) is 0 Å². The summed E-state index contributed by atoms with van der Waals surface area (Å²) < 4.78 is 1.31. The Hall–Kier alpha value is -2.89. The number of nitrogens with zero attached hydrogens (tertiary/aromatic N) is 1. The normalized spacial score (nSPS) is 17.7. The molecule has 1 aromatic carbocycles. The molecule has 0 radical (unpaired) electrons. The third-order valence-corrected chi connectivity index (χ3v) is 5.99. The molecule has 2 saturated carbocycles. The van der Waals surface area contributed by atoms with E-state index in [1.807, 2.05) is 30.3 Å². The first-order valence-electron chi connectivity index (χ1n) is 10.4. The van der Waals surface area contributed by atoms with E-state index in [-0.39, 0.29) is 29.5 Å². The van der Waals surface area contributed by atoms with E-state index in [1.54, 1.807) is 12.3 Å². The molecular formula is C23H27N3O3. The van der Waals surface area contributed by atoms with E-state index >= 15 is 0 Å². The van der Waals surface area contributed by atoms with Crippen LogP contribution in [0.3, 0.4) is 0 Å². The van der Waals surface area contributed by atoms with Gasteiger partial charge in [-0.25, -0.2) is 0 Å². The number of carbonyl (C=O) groups excluding carboxylic acids is 2. The van der Waals surface area contributed by atoms with Gasteiger partial charge in [-0.3, -0.25) is 14.4 Å². The fourth-order valence-electron chi connectivity index (χ4n) is 4.17. The molecule has 1 heterocycles. The van der Waals surface area contributed by atoms with Gasteiger partial charge in [-0.05, 0) is 49.3 Å². The van der Waals surface area contributed by atoms with Crippen molar-refractivity contribution in [2.45, 2.75) is 50.6 Å². The first-order valence-corrected chi connectivity index (χ1v) is 10.4. The molecule has 0 atom stereocenters. The Morgan fingerprint density at radius 2 is 1.76 bits per heavy atom. The van der Waals surface area contributed by atoms with Gasteiger partial charge in [-0.15, -0.1) is 0 Å². The maximum absolute atomic E-state index is 12.8. The summed E-state index contributed by atoms with van der Waals surface area (Å²) in [7, 11) is 0. The lowest BCUT2D eigenvalue weighted by molar-refractivity contribution is -0.123. The van der Waals surface area contributed by atoms with Crippen LogP contribution >= 0.6 is 0 Å². The highest BCUT2D eigenvalue weighted by molar-refractivity contribution is 5.93. The van der Waals surface area contributed by atoms with Crippen LogP contribution in [0.15, 0.2) is 53.5 Å². The second kappa shape index (κ2) is 8.23. The molecule has 0 saturated heterocycles. The highest BCUT2D eigenvalue weighted by Gasteiger charge is 2.36. The van der Waals surface area contributed by atoms with Crippen LogP contribution in [0.25, 0.3) is 0 Å². The lowest BCUT2D eigenvalue weighted by Crippen LogP contribution is -2.46. The van der Waals surface area contributed by atoms with Crippen LogP contribution in [0.4, 0.5) is 0 Å². The molecular weight excluding hydrogens is 366 g/mol. The molecule has 6 heteroatoms. The zero-order chi connectivity index (χ0) is 20.3. The second-order valence-electron chi connectivity index (χ2n) is 8.21. The zero-order valence-corrected chi connectivity index (χ0v) is 16.5. The average Bonchev–Trinajstić information content (AvgIpc) is 3.45. The van der Waals surface area contributed by atoms with Crippen molar-refractivity contribution in [3.8, 4) is 0 Å². The molecule has 152 valence electrons. The Morgan fingerprint density at radius 1 is 1.03 bits per heavy atom. The largest absolute Gasteiger partial charge is 0.352 e. The van der Waals surface area contributed by atoms with Gasteiger partial charge in [0.25, 0.3) is 11.5 Å². The maximum Gasteiger partial charge on any atom is 0.263 e. The van der Waals surface area contributed by atoms with Crippen molar-refractivity contribution < 1.29 is 9.59 Å². The minimum Gasteiger partial charge on any atom is -0.352 e. The molecule has 1 aromatic heterocycles. The van der Waals surface area contributed by atoms with E-state index in [2.05, 4.69) is 10.6 Å². The van der Waals surface area contributed by atoms with E-state index in [0.717, 1.165) is 44.1 Å². The van der Waals surface area contributed by atoms with Crippen LogP contribution in [0.2, 0.25) is 0 Å². The van der Waals surface area contributed by atoms with Crippen molar-refractivity contribution in [1.29, 1.82) is 0 Å². The minimum absolute atomic E-state index is 0.0830. The van der Waals surface area contributed by atoms with Crippen LogP contribution in [-0.2, 0) is 16.9 Å². The molecule has 2 N–H and O–H groups in total. The number of rotatable bonds is 7. The average molecular weight is 393 g/mol. The summed E-state index contributed by atoms with van der Waals surface area (Å²) in [6.07, 6.45) is 7.72. The molecule has 0 unspecified atom stereocenters.